The Hall–Kier alpha value is -2.33. The lowest BCUT2D eigenvalue weighted by atomic mass is 9.83. The van der Waals surface area contributed by atoms with E-state index >= 15 is 0 Å². The number of nitrogens with one attached hydrogen (secondary N) is 1. The molecule has 208 valence electrons. The highest BCUT2D eigenvalue weighted by Gasteiger charge is 2.53. The minimum Gasteiger partial charge on any atom is -0.388 e. The summed E-state index contributed by atoms with van der Waals surface area (Å²) in [5.41, 5.74) is 1.77. The van der Waals surface area contributed by atoms with Gasteiger partial charge in [-0.3, -0.25) is 14.4 Å². The number of methoxy groups -OCH3 is 1. The normalized spacial score (nSPS) is 27.9. The summed E-state index contributed by atoms with van der Waals surface area (Å²) in [6.45, 7) is 3.77. The van der Waals surface area contributed by atoms with Crippen molar-refractivity contribution in [3.63, 3.8) is 0 Å². The highest BCUT2D eigenvalue weighted by atomic mass is 16.5. The maximum Gasteiger partial charge on any atom is 0.251 e. The van der Waals surface area contributed by atoms with Crippen LogP contribution >= 0.6 is 0 Å². The topological polar surface area (TPSA) is 108 Å². The molecule has 0 aromatic heterocycles. The van der Waals surface area contributed by atoms with Gasteiger partial charge in [-0.15, -0.1) is 0 Å². The Morgan fingerprint density at radius 3 is 2.50 bits per heavy atom. The Morgan fingerprint density at radius 2 is 1.82 bits per heavy atom. The molecule has 4 atom stereocenters. The van der Waals surface area contributed by atoms with Crippen LogP contribution in [0.15, 0.2) is 24.3 Å². The molecule has 3 heterocycles. The monoisotopic (exact) mass is 527 g/mol. The smallest absolute Gasteiger partial charge is 0.251 e. The van der Waals surface area contributed by atoms with Crippen LogP contribution in [0.3, 0.4) is 0 Å². The quantitative estimate of drug-likeness (QED) is 0.530. The number of rotatable bonds is 8. The number of β-amino-alcohol motifs (C(OH)–C–C–N with tert-alkyl or cyclic N) is 1. The number of ether oxygens (including phenoxy) is 2. The van der Waals surface area contributed by atoms with E-state index in [1.807, 2.05) is 24.3 Å². The van der Waals surface area contributed by atoms with Crippen LogP contribution in [0.1, 0.15) is 66.8 Å². The molecule has 0 radical (unpaired) electrons. The lowest BCUT2D eigenvalue weighted by molar-refractivity contribution is -0.139. The number of aliphatic hydroxyl groups is 1. The predicted molar refractivity (Wildman–Crippen MR) is 141 cm³/mol. The predicted octanol–water partition coefficient (Wildman–Crippen LogP) is 1.73. The van der Waals surface area contributed by atoms with Crippen molar-refractivity contribution in [1.82, 2.24) is 15.1 Å². The van der Waals surface area contributed by atoms with Gasteiger partial charge in [0.1, 0.15) is 30.9 Å². The number of hydrogen-bond acceptors (Lipinski definition) is 7. The van der Waals surface area contributed by atoms with E-state index in [0.29, 0.717) is 11.5 Å². The number of Topliss-reactive ketones (excluding diaryl/α,β-unsaturated/α-hetero) is 1. The van der Waals surface area contributed by atoms with E-state index in [4.69, 9.17) is 9.47 Å². The number of piperidine rings is 1. The van der Waals surface area contributed by atoms with E-state index in [2.05, 4.69) is 10.2 Å². The molecule has 1 aromatic carbocycles. The maximum absolute atomic E-state index is 13.8. The number of fused-ring (bicyclic) bond motifs is 1. The van der Waals surface area contributed by atoms with Gasteiger partial charge in [-0.05, 0) is 68.3 Å². The summed E-state index contributed by atoms with van der Waals surface area (Å²) in [5, 5.41) is 13.4. The molecule has 9 nitrogen and oxygen atoms in total. The van der Waals surface area contributed by atoms with Crippen LogP contribution in [0.5, 0.6) is 0 Å². The molecule has 1 aliphatic carbocycles. The second kappa shape index (κ2) is 12.2. The number of carbonyl (C=O) groups excluding carboxylic acids is 3. The molecule has 3 saturated heterocycles. The summed E-state index contributed by atoms with van der Waals surface area (Å²) in [6, 6.07) is 6.30. The number of nitrogens with zero attached hydrogens (tertiary/aromatic N) is 2. The van der Waals surface area contributed by atoms with Gasteiger partial charge in [0, 0.05) is 19.2 Å². The first-order valence-electron chi connectivity index (χ1n) is 14.2. The molecule has 2 N–H and O–H groups in total. The summed E-state index contributed by atoms with van der Waals surface area (Å²) in [5.74, 6) is -0.263. The highest BCUT2D eigenvalue weighted by molar-refractivity contribution is 5.99. The van der Waals surface area contributed by atoms with E-state index in [-0.39, 0.29) is 36.7 Å². The first kappa shape index (κ1) is 27.2. The van der Waals surface area contributed by atoms with Gasteiger partial charge in [-0.25, -0.2) is 0 Å². The summed E-state index contributed by atoms with van der Waals surface area (Å²) >= 11 is 0. The molecule has 9 heteroatoms. The molecule has 3 aliphatic heterocycles. The van der Waals surface area contributed by atoms with Crippen molar-refractivity contribution in [1.29, 1.82) is 0 Å². The number of amides is 2. The molecule has 5 rings (SSSR count). The first-order chi connectivity index (χ1) is 18.5. The second-order valence-corrected chi connectivity index (χ2v) is 11.3. The zero-order valence-electron chi connectivity index (χ0n) is 22.3. The van der Waals surface area contributed by atoms with Gasteiger partial charge < -0.3 is 29.7 Å². The number of ketones is 1. The Balaban J connectivity index is 1.25. The SMILES string of the molecule is COCCN1CCC(c2ccc(C(=O)NC(C(=O)N3C[C@@H](O)[C@H]4OCC(=O)[C@H]43)C3CCCCC3)cc2)CC1. The molecule has 4 aliphatic rings. The molecular formula is C29H41N3O6. The number of aliphatic hydroxyl groups excluding tert-OH is 1. The molecule has 4 fully saturated rings. The number of likely N-dealkylation sites (tertiary alicyclic amines) is 2. The molecule has 2 amide bonds. The summed E-state index contributed by atoms with van der Waals surface area (Å²) in [7, 11) is 1.73. The van der Waals surface area contributed by atoms with E-state index in [1.165, 1.54) is 10.5 Å². The van der Waals surface area contributed by atoms with E-state index in [0.717, 1.165) is 71.2 Å². The Morgan fingerprint density at radius 1 is 1.11 bits per heavy atom. The average molecular weight is 528 g/mol. The first-order valence-corrected chi connectivity index (χ1v) is 14.2. The van der Waals surface area contributed by atoms with Crippen molar-refractivity contribution < 1.29 is 29.0 Å². The molecule has 0 bridgehead atoms. The zero-order valence-corrected chi connectivity index (χ0v) is 22.3. The molecule has 1 saturated carbocycles. The van der Waals surface area contributed by atoms with E-state index < -0.39 is 24.3 Å². The van der Waals surface area contributed by atoms with Gasteiger partial charge in [0.15, 0.2) is 5.78 Å². The molecular weight excluding hydrogens is 486 g/mol. The van der Waals surface area contributed by atoms with Crippen molar-refractivity contribution in [2.24, 2.45) is 5.92 Å². The molecule has 1 aromatic rings. The minimum atomic E-state index is -0.891. The fourth-order valence-corrected chi connectivity index (χ4v) is 6.73. The maximum atomic E-state index is 13.8. The minimum absolute atomic E-state index is 0.0105. The number of benzene rings is 1. The van der Waals surface area contributed by atoms with Crippen molar-refractivity contribution in [2.75, 3.05) is 46.5 Å². The summed E-state index contributed by atoms with van der Waals surface area (Å²) in [6.07, 6.45) is 5.46. The third-order valence-corrected chi connectivity index (χ3v) is 8.96. The van der Waals surface area contributed by atoms with Crippen LogP contribution in [0, 0.1) is 5.92 Å². The van der Waals surface area contributed by atoms with Crippen LogP contribution in [-0.2, 0) is 19.1 Å². The fourth-order valence-electron chi connectivity index (χ4n) is 6.73. The Bertz CT molecular complexity index is 987. The van der Waals surface area contributed by atoms with E-state index in [9.17, 15) is 19.5 Å². The van der Waals surface area contributed by atoms with Gasteiger partial charge in [-0.2, -0.15) is 0 Å². The van der Waals surface area contributed by atoms with Crippen molar-refractivity contribution in [2.45, 2.75) is 75.2 Å². The van der Waals surface area contributed by atoms with Gasteiger partial charge >= 0.3 is 0 Å². The Labute approximate surface area is 224 Å². The van der Waals surface area contributed by atoms with Gasteiger partial charge in [-0.1, -0.05) is 31.4 Å². The van der Waals surface area contributed by atoms with Gasteiger partial charge in [0.05, 0.1) is 13.2 Å². The van der Waals surface area contributed by atoms with Crippen LogP contribution in [0.25, 0.3) is 0 Å². The summed E-state index contributed by atoms with van der Waals surface area (Å²) in [4.78, 5) is 43.5. The second-order valence-electron chi connectivity index (χ2n) is 11.3. The van der Waals surface area contributed by atoms with Crippen molar-refractivity contribution >= 4 is 17.6 Å². The van der Waals surface area contributed by atoms with Crippen molar-refractivity contribution in [3.05, 3.63) is 35.4 Å². The lowest BCUT2D eigenvalue weighted by Gasteiger charge is -2.34. The van der Waals surface area contributed by atoms with Crippen LogP contribution < -0.4 is 5.32 Å². The third kappa shape index (κ3) is 5.81. The standard InChI is InChI=1S/C29H41N3O6/c1-37-16-15-31-13-11-20(12-14-31)19-7-9-22(10-8-19)28(35)30-25(21-5-3-2-4-6-21)29(36)32-17-23(33)27-26(32)24(34)18-38-27/h7-10,20-21,23,25-27,33H,2-6,11-18H2,1H3,(H,30,35)/t23-,25?,26-,27-/m1/s1. The number of carbonyl (C=O) groups is 3. The van der Waals surface area contributed by atoms with Crippen LogP contribution in [0.2, 0.25) is 0 Å². The molecule has 38 heavy (non-hydrogen) atoms. The number of hydrogen-bond donors (Lipinski definition) is 2. The van der Waals surface area contributed by atoms with Crippen molar-refractivity contribution in [3.8, 4) is 0 Å². The lowest BCUT2D eigenvalue weighted by Crippen LogP contribution is -2.55. The van der Waals surface area contributed by atoms with Gasteiger partial charge in [0.25, 0.3) is 5.91 Å². The highest BCUT2D eigenvalue weighted by Crippen LogP contribution is 2.33. The van der Waals surface area contributed by atoms with Crippen LogP contribution in [0.4, 0.5) is 0 Å². The van der Waals surface area contributed by atoms with E-state index in [1.54, 1.807) is 7.11 Å². The Kier molecular flexibility index (Phi) is 8.77. The summed E-state index contributed by atoms with van der Waals surface area (Å²) < 4.78 is 10.6. The fraction of sp³-hybridized carbons (Fsp3) is 0.690. The third-order valence-electron chi connectivity index (χ3n) is 8.96. The molecule has 0 spiro atoms. The van der Waals surface area contributed by atoms with Gasteiger partial charge in [0.2, 0.25) is 5.91 Å². The zero-order chi connectivity index (χ0) is 26.6. The molecule has 1 unspecified atom stereocenters. The average Bonchev–Trinajstić information content (AvgIpc) is 3.51. The largest absolute Gasteiger partial charge is 0.388 e. The van der Waals surface area contributed by atoms with Crippen LogP contribution in [-0.4, -0.2) is 103 Å².